The zero-order valence-electron chi connectivity index (χ0n) is 14.8. The van der Waals surface area contributed by atoms with Gasteiger partial charge in [-0.3, -0.25) is 4.79 Å². The summed E-state index contributed by atoms with van der Waals surface area (Å²) >= 11 is 0. The summed E-state index contributed by atoms with van der Waals surface area (Å²) in [6, 6.07) is 8.37. The molecule has 1 heterocycles. The molecule has 1 amide bonds. The molecular weight excluding hydrogens is 292 g/mol. The number of carbonyl (C=O) groups is 2. The van der Waals surface area contributed by atoms with Crippen LogP contribution >= 0.6 is 0 Å². The number of hydrogen-bond acceptors (Lipinski definition) is 4. The largest absolute Gasteiger partial charge is 0.459 e. The van der Waals surface area contributed by atoms with Crippen molar-refractivity contribution in [1.29, 1.82) is 0 Å². The summed E-state index contributed by atoms with van der Waals surface area (Å²) in [6.45, 7) is 4.77. The molecule has 2 atom stereocenters. The Balaban J connectivity index is 1.95. The summed E-state index contributed by atoms with van der Waals surface area (Å²) < 4.78 is 12.8. The van der Waals surface area contributed by atoms with Crippen molar-refractivity contribution in [2.45, 2.75) is 51.8 Å². The van der Waals surface area contributed by atoms with E-state index in [1.807, 2.05) is 44.2 Å². The van der Waals surface area contributed by atoms with Crippen LogP contribution in [0, 0.1) is 5.92 Å². The van der Waals surface area contributed by atoms with E-state index in [0.717, 1.165) is 12.0 Å². The lowest BCUT2D eigenvalue weighted by atomic mass is 10.0. The summed E-state index contributed by atoms with van der Waals surface area (Å²) in [5.74, 6) is -0.251. The molecule has 1 aliphatic rings. The Morgan fingerprint density at radius 1 is 1.39 bits per heavy atom. The minimum atomic E-state index is -0.576. The number of ether oxygens (including phenoxy) is 1. The predicted molar refractivity (Wildman–Crippen MR) is 88.4 cm³/mol. The van der Waals surface area contributed by atoms with Gasteiger partial charge < -0.3 is 15.4 Å². The van der Waals surface area contributed by atoms with Crippen molar-refractivity contribution in [3.8, 4) is 0 Å². The number of rotatable bonds is 7. The third kappa shape index (κ3) is 4.79. The van der Waals surface area contributed by atoms with Gasteiger partial charge in [-0.1, -0.05) is 44.2 Å². The molecule has 1 unspecified atom stereocenters. The van der Waals surface area contributed by atoms with Crippen molar-refractivity contribution in [1.82, 2.24) is 4.90 Å². The average Bonchev–Trinajstić information content (AvgIpc) is 3.07. The summed E-state index contributed by atoms with van der Waals surface area (Å²) in [5.41, 5.74) is 3.26. The molecule has 2 N–H and O–H groups in total. The molecule has 0 aromatic heterocycles. The van der Waals surface area contributed by atoms with Gasteiger partial charge in [0.2, 0.25) is 5.91 Å². The van der Waals surface area contributed by atoms with Crippen LogP contribution in [0.4, 0.5) is 0 Å². The highest BCUT2D eigenvalue weighted by atomic mass is 16.5. The molecule has 1 aromatic rings. The second-order valence-corrected chi connectivity index (χ2v) is 6.47. The molecule has 5 nitrogen and oxygen atoms in total. The summed E-state index contributed by atoms with van der Waals surface area (Å²) in [7, 11) is 0. The Labute approximate surface area is 139 Å². The molecule has 1 aromatic carbocycles. The van der Waals surface area contributed by atoms with Crippen LogP contribution in [-0.2, 0) is 20.9 Å². The van der Waals surface area contributed by atoms with Crippen LogP contribution in [0.3, 0.4) is 0 Å². The summed E-state index contributed by atoms with van der Waals surface area (Å²) in [4.78, 5) is 26.6. The van der Waals surface area contributed by atoms with E-state index in [1.165, 1.54) is 0 Å². The van der Waals surface area contributed by atoms with Gasteiger partial charge in [0.1, 0.15) is 14.1 Å². The monoisotopic (exact) mass is 320 g/mol. The minimum Gasteiger partial charge on any atom is -0.459 e. The minimum absolute atomic E-state index is 0.183. The van der Waals surface area contributed by atoms with Gasteiger partial charge in [0.05, 0.1) is 6.04 Å². The molecule has 1 aliphatic heterocycles. The smallest absolute Gasteiger partial charge is 0.329 e. The first-order valence-corrected chi connectivity index (χ1v) is 8.21. The molecular formula is C18H26N2O3. The maximum atomic E-state index is 12.6. The van der Waals surface area contributed by atoms with Crippen molar-refractivity contribution < 1.29 is 15.7 Å². The number of nitrogens with two attached hydrogens (primary N) is 1. The lowest BCUT2D eigenvalue weighted by Gasteiger charge is -2.26. The first-order chi connectivity index (χ1) is 11.5. The van der Waals surface area contributed by atoms with Gasteiger partial charge in [-0.15, -0.1) is 0 Å². The Morgan fingerprint density at radius 3 is 2.78 bits per heavy atom. The Hall–Kier alpha value is -1.88. The molecule has 126 valence electrons. The number of amides is 1. The van der Waals surface area contributed by atoms with E-state index in [2.05, 4.69) is 5.73 Å². The summed E-state index contributed by atoms with van der Waals surface area (Å²) in [6.07, 6.45) is 1.97. The van der Waals surface area contributed by atoms with Crippen LogP contribution in [0.2, 0.25) is 1.41 Å². The lowest BCUT2D eigenvalue weighted by Crippen LogP contribution is -2.49. The van der Waals surface area contributed by atoms with Crippen molar-refractivity contribution >= 4 is 11.9 Å². The van der Waals surface area contributed by atoms with Gasteiger partial charge >= 0.3 is 5.97 Å². The van der Waals surface area contributed by atoms with E-state index >= 15 is 0 Å². The number of hydrogen-bond donors (Lipinski definition) is 1. The van der Waals surface area contributed by atoms with Gasteiger partial charge in [0, 0.05) is 6.54 Å². The van der Waals surface area contributed by atoms with E-state index < -0.39 is 12.1 Å². The first kappa shape index (κ1) is 16.0. The number of nitrogens with zero attached hydrogens (tertiary/aromatic N) is 1. The highest BCUT2D eigenvalue weighted by Gasteiger charge is 2.37. The highest BCUT2D eigenvalue weighted by Crippen LogP contribution is 2.21. The number of carbonyl (C=O) groups excluding carboxylic acids is 2. The zero-order valence-corrected chi connectivity index (χ0v) is 13.8. The molecule has 0 bridgehead atoms. The van der Waals surface area contributed by atoms with Crippen LogP contribution < -0.4 is 5.73 Å². The van der Waals surface area contributed by atoms with Crippen LogP contribution in [-0.4, -0.2) is 35.4 Å². The molecule has 0 radical (unpaired) electrons. The van der Waals surface area contributed by atoms with Crippen LogP contribution in [0.15, 0.2) is 30.3 Å². The van der Waals surface area contributed by atoms with Crippen molar-refractivity contribution in [2.24, 2.45) is 11.6 Å². The van der Waals surface area contributed by atoms with Crippen LogP contribution in [0.5, 0.6) is 0 Å². The third-order valence-corrected chi connectivity index (χ3v) is 4.04. The van der Waals surface area contributed by atoms with Gasteiger partial charge in [-0.25, -0.2) is 4.79 Å². The second kappa shape index (κ2) is 8.11. The Kier molecular flexibility index (Phi) is 5.64. The Bertz CT molecular complexity index is 550. The molecule has 23 heavy (non-hydrogen) atoms. The van der Waals surface area contributed by atoms with E-state index in [1.54, 1.807) is 4.90 Å². The van der Waals surface area contributed by atoms with E-state index in [4.69, 9.17) is 6.15 Å². The Morgan fingerprint density at radius 2 is 2.13 bits per heavy atom. The highest BCUT2D eigenvalue weighted by molar-refractivity contribution is 5.88. The van der Waals surface area contributed by atoms with Crippen LogP contribution in [0.25, 0.3) is 0 Å². The maximum Gasteiger partial charge on any atom is 0.329 e. The second-order valence-electron chi connectivity index (χ2n) is 6.47. The molecule has 2 rings (SSSR count). The average molecular weight is 320 g/mol. The first-order valence-electron chi connectivity index (χ1n) is 8.71. The van der Waals surface area contributed by atoms with Gasteiger partial charge in [0.25, 0.3) is 0 Å². The molecule has 0 aliphatic carbocycles. The standard InChI is InChI=1S/C18H26N2O3/c1-13(2)11-15(19)17(21)20-10-6-9-16(20)18(22)23-12-14-7-4-3-5-8-14/h3-5,7-8,13,15-16H,6,9-12,19H2,1-2H3/t15?,16-/m0/s1/i/hT. The molecule has 1 saturated heterocycles. The molecule has 0 spiro atoms. The SMILES string of the molecule is [3H]NC(CC(C)C)C(=O)N1CCC[C@H]1C(=O)OCc1ccccc1. The van der Waals surface area contributed by atoms with Gasteiger partial charge in [-0.2, -0.15) is 0 Å². The van der Waals surface area contributed by atoms with Gasteiger partial charge in [-0.05, 0) is 30.7 Å². The quantitative estimate of drug-likeness (QED) is 0.781. The van der Waals surface area contributed by atoms with E-state index in [-0.39, 0.29) is 18.5 Å². The third-order valence-electron chi connectivity index (χ3n) is 4.04. The fourth-order valence-corrected chi connectivity index (χ4v) is 2.87. The molecule has 5 heteroatoms. The lowest BCUT2D eigenvalue weighted by molar-refractivity contribution is -0.155. The fourth-order valence-electron chi connectivity index (χ4n) is 2.87. The fraction of sp³-hybridized carbons (Fsp3) is 0.556. The topological polar surface area (TPSA) is 72.6 Å². The van der Waals surface area contributed by atoms with Crippen molar-refractivity contribution in [3.63, 3.8) is 0 Å². The van der Waals surface area contributed by atoms with E-state index in [9.17, 15) is 9.59 Å². The maximum absolute atomic E-state index is 12.6. The molecule has 1 fully saturated rings. The van der Waals surface area contributed by atoms with Crippen LogP contribution in [0.1, 0.15) is 38.7 Å². The number of esters is 1. The number of benzene rings is 1. The molecule has 0 saturated carbocycles. The normalized spacial score (nSPS) is 19.5. The van der Waals surface area contributed by atoms with Crippen molar-refractivity contribution in [2.75, 3.05) is 6.54 Å². The number of likely N-dealkylation sites (tertiary alicyclic amines) is 1. The predicted octanol–water partition coefficient (Wildman–Crippen LogP) is 2.09. The van der Waals surface area contributed by atoms with Gasteiger partial charge in [0.15, 0.2) is 0 Å². The summed E-state index contributed by atoms with van der Waals surface area (Å²) in [5, 5.41) is 0. The van der Waals surface area contributed by atoms with Crippen molar-refractivity contribution in [3.05, 3.63) is 35.9 Å². The zero-order chi connectivity index (χ0) is 17.5. The van der Waals surface area contributed by atoms with E-state index in [0.29, 0.717) is 25.3 Å².